The lowest BCUT2D eigenvalue weighted by molar-refractivity contribution is -0.128. The van der Waals surface area contributed by atoms with Crippen molar-refractivity contribution in [2.45, 2.75) is 6.92 Å². The number of carbonyl (C=O) groups is 1. The van der Waals surface area contributed by atoms with Gasteiger partial charge in [-0.25, -0.2) is 4.98 Å². The largest absolute Gasteiger partial charge is 0.468 e. The second-order valence-corrected chi connectivity index (χ2v) is 1.68. The van der Waals surface area contributed by atoms with E-state index in [-0.39, 0.29) is 0 Å². The summed E-state index contributed by atoms with van der Waals surface area (Å²) in [6.45, 7) is 2.66. The average molecular weight is 169 g/mol. The van der Waals surface area contributed by atoms with Crippen molar-refractivity contribution in [1.82, 2.24) is 9.97 Å². The van der Waals surface area contributed by atoms with Crippen LogP contribution in [-0.2, 0) is 9.53 Å². The van der Waals surface area contributed by atoms with Gasteiger partial charge in [-0.3, -0.25) is 9.78 Å². The van der Waals surface area contributed by atoms with E-state index in [4.69, 9.17) is 5.73 Å². The number of nitrogens with two attached hydrogens (primary N) is 1. The normalized spacial score (nSPS) is 7.75. The summed E-state index contributed by atoms with van der Waals surface area (Å²) in [6, 6.07) is 0. The van der Waals surface area contributed by atoms with Gasteiger partial charge in [0, 0.05) is 12.4 Å². The zero-order valence-corrected chi connectivity index (χ0v) is 6.80. The Kier molecular flexibility index (Phi) is 6.43. The summed E-state index contributed by atoms with van der Waals surface area (Å²) < 4.78 is 4.15. The van der Waals surface area contributed by atoms with Crippen molar-refractivity contribution in [3.8, 4) is 0 Å². The van der Waals surface area contributed by atoms with Crippen molar-refractivity contribution < 1.29 is 9.53 Å². The molecule has 1 heterocycles. The highest BCUT2D eigenvalue weighted by atomic mass is 16.5. The summed E-state index contributed by atoms with van der Waals surface area (Å²) in [4.78, 5) is 16.6. The monoisotopic (exact) mass is 169 g/mol. The summed E-state index contributed by atoms with van der Waals surface area (Å²) in [5.41, 5.74) is 5.18. The molecule has 0 atom stereocenters. The van der Waals surface area contributed by atoms with Crippen molar-refractivity contribution >= 4 is 12.3 Å². The molecule has 0 saturated heterocycles. The van der Waals surface area contributed by atoms with Crippen molar-refractivity contribution in [2.75, 3.05) is 12.3 Å². The van der Waals surface area contributed by atoms with Crippen LogP contribution in [0.2, 0.25) is 0 Å². The first-order valence-corrected chi connectivity index (χ1v) is 3.38. The summed E-state index contributed by atoms with van der Waals surface area (Å²) in [5.74, 6) is 0.461. The van der Waals surface area contributed by atoms with Crippen LogP contribution >= 0.6 is 0 Å². The number of hydrogen-bond donors (Lipinski definition) is 1. The molecule has 0 aliphatic heterocycles. The highest BCUT2D eigenvalue weighted by molar-refractivity contribution is 5.36. The van der Waals surface area contributed by atoms with E-state index in [2.05, 4.69) is 14.7 Å². The Hall–Kier alpha value is -1.65. The Balaban J connectivity index is 0.000000217. The van der Waals surface area contributed by atoms with Crippen molar-refractivity contribution in [3.05, 3.63) is 18.6 Å². The molecule has 1 aromatic rings. The number of rotatable bonds is 2. The third-order valence-electron chi connectivity index (χ3n) is 0.818. The summed E-state index contributed by atoms with van der Waals surface area (Å²) in [6.07, 6.45) is 4.63. The van der Waals surface area contributed by atoms with Gasteiger partial charge in [-0.1, -0.05) is 0 Å². The topological polar surface area (TPSA) is 78.1 Å². The molecule has 0 aromatic carbocycles. The van der Waals surface area contributed by atoms with Gasteiger partial charge in [0.1, 0.15) is 5.82 Å². The zero-order chi connectivity index (χ0) is 9.23. The number of hydrogen-bond acceptors (Lipinski definition) is 5. The third-order valence-corrected chi connectivity index (χ3v) is 0.818. The van der Waals surface area contributed by atoms with Gasteiger partial charge >= 0.3 is 0 Å². The standard InChI is InChI=1S/C4H5N3.C3H6O2/c5-4-3-6-1-2-7-4;1-2-5-3-4/h1-3H,(H2,5,7);3H,2H2,1H3. The second-order valence-electron chi connectivity index (χ2n) is 1.68. The fourth-order valence-corrected chi connectivity index (χ4v) is 0.379. The van der Waals surface area contributed by atoms with Gasteiger partial charge in [0.15, 0.2) is 0 Å². The molecule has 1 rings (SSSR count). The van der Waals surface area contributed by atoms with Gasteiger partial charge in [-0.2, -0.15) is 0 Å². The SMILES string of the molecule is CCOC=O.Nc1cnccn1. The minimum atomic E-state index is 0.431. The Labute approximate surface area is 70.6 Å². The molecule has 0 unspecified atom stereocenters. The van der Waals surface area contributed by atoms with Crippen LogP contribution in [0.3, 0.4) is 0 Å². The maximum atomic E-state index is 9.18. The second kappa shape index (κ2) is 7.46. The molecule has 0 radical (unpaired) electrons. The molecule has 0 fully saturated rings. The fraction of sp³-hybridized carbons (Fsp3) is 0.286. The molecule has 1 aromatic heterocycles. The molecule has 0 aliphatic carbocycles. The van der Waals surface area contributed by atoms with Crippen LogP contribution in [0.25, 0.3) is 0 Å². The quantitative estimate of drug-likeness (QED) is 0.641. The van der Waals surface area contributed by atoms with E-state index in [0.29, 0.717) is 18.9 Å². The van der Waals surface area contributed by atoms with Crippen LogP contribution in [-0.4, -0.2) is 23.0 Å². The van der Waals surface area contributed by atoms with Crippen LogP contribution in [0, 0.1) is 0 Å². The maximum absolute atomic E-state index is 9.18. The van der Waals surface area contributed by atoms with Gasteiger partial charge in [0.05, 0.1) is 12.8 Å². The Morgan fingerprint density at radius 1 is 1.67 bits per heavy atom. The van der Waals surface area contributed by atoms with Crippen LogP contribution in [0.15, 0.2) is 18.6 Å². The van der Waals surface area contributed by atoms with E-state index in [1.165, 1.54) is 6.20 Å². The van der Waals surface area contributed by atoms with Crippen LogP contribution in [0.4, 0.5) is 5.82 Å². The molecule has 5 heteroatoms. The summed E-state index contributed by atoms with van der Waals surface area (Å²) >= 11 is 0. The number of anilines is 1. The minimum Gasteiger partial charge on any atom is -0.468 e. The van der Waals surface area contributed by atoms with Gasteiger partial charge < -0.3 is 10.5 Å². The number of nitrogen functional groups attached to an aromatic ring is 1. The van der Waals surface area contributed by atoms with Crippen molar-refractivity contribution in [3.63, 3.8) is 0 Å². The lowest BCUT2D eigenvalue weighted by Crippen LogP contribution is -1.87. The summed E-state index contributed by atoms with van der Waals surface area (Å²) in [5, 5.41) is 0. The Bertz CT molecular complexity index is 203. The predicted molar refractivity (Wildman–Crippen MR) is 44.1 cm³/mol. The van der Waals surface area contributed by atoms with Crippen LogP contribution < -0.4 is 5.73 Å². The van der Waals surface area contributed by atoms with E-state index in [1.807, 2.05) is 0 Å². The van der Waals surface area contributed by atoms with Crippen molar-refractivity contribution in [1.29, 1.82) is 0 Å². The van der Waals surface area contributed by atoms with Gasteiger partial charge in [-0.05, 0) is 6.92 Å². The predicted octanol–water partition coefficient (Wildman–Crippen LogP) is 0.238. The number of aromatic nitrogens is 2. The molecule has 5 nitrogen and oxygen atoms in total. The lowest BCUT2D eigenvalue weighted by Gasteiger charge is -1.82. The van der Waals surface area contributed by atoms with Crippen molar-refractivity contribution in [2.24, 2.45) is 0 Å². The van der Waals surface area contributed by atoms with E-state index in [1.54, 1.807) is 19.3 Å². The van der Waals surface area contributed by atoms with Gasteiger partial charge in [0.2, 0.25) is 0 Å². The first-order valence-electron chi connectivity index (χ1n) is 3.38. The molecule has 12 heavy (non-hydrogen) atoms. The number of carbonyl (C=O) groups excluding carboxylic acids is 1. The van der Waals surface area contributed by atoms with Crippen LogP contribution in [0.5, 0.6) is 0 Å². The highest BCUT2D eigenvalue weighted by Crippen LogP contribution is 1.84. The molecule has 0 spiro atoms. The average Bonchev–Trinajstić information content (AvgIpc) is 2.08. The Morgan fingerprint density at radius 3 is 2.58 bits per heavy atom. The first kappa shape index (κ1) is 10.3. The molecule has 66 valence electrons. The van der Waals surface area contributed by atoms with E-state index in [0.717, 1.165) is 0 Å². The first-order chi connectivity index (χ1) is 5.81. The smallest absolute Gasteiger partial charge is 0.293 e. The number of ether oxygens (including phenoxy) is 1. The fourth-order valence-electron chi connectivity index (χ4n) is 0.379. The maximum Gasteiger partial charge on any atom is 0.293 e. The van der Waals surface area contributed by atoms with Crippen LogP contribution in [0.1, 0.15) is 6.92 Å². The van der Waals surface area contributed by atoms with Gasteiger partial charge in [-0.15, -0.1) is 0 Å². The highest BCUT2D eigenvalue weighted by Gasteiger charge is 1.74. The minimum absolute atomic E-state index is 0.431. The molecule has 0 bridgehead atoms. The number of nitrogens with zero attached hydrogens (tertiary/aromatic N) is 2. The molecule has 0 aliphatic rings. The molecule has 2 N–H and O–H groups in total. The molecular formula is C7H11N3O2. The summed E-state index contributed by atoms with van der Waals surface area (Å²) in [7, 11) is 0. The third kappa shape index (κ3) is 6.47. The lowest BCUT2D eigenvalue weighted by atomic mass is 10.7. The molecular weight excluding hydrogens is 158 g/mol. The molecule has 0 saturated carbocycles. The van der Waals surface area contributed by atoms with E-state index in [9.17, 15) is 4.79 Å². The van der Waals surface area contributed by atoms with E-state index < -0.39 is 0 Å². The van der Waals surface area contributed by atoms with E-state index >= 15 is 0 Å². The molecule has 0 amide bonds. The zero-order valence-electron chi connectivity index (χ0n) is 6.80. The van der Waals surface area contributed by atoms with Gasteiger partial charge in [0.25, 0.3) is 6.47 Å². The Morgan fingerprint density at radius 2 is 2.42 bits per heavy atom.